The highest BCUT2D eigenvalue weighted by Crippen LogP contribution is 2.28. The number of para-hydroxylation sites is 1. The van der Waals surface area contributed by atoms with Crippen LogP contribution in [0.2, 0.25) is 10.0 Å². The SMILES string of the molecule is N#CCCn1cc(C(=O)COc2cc(Cl)ccc2Cl)c2ccccc21. The van der Waals surface area contributed by atoms with Crippen LogP contribution in [0.15, 0.2) is 48.7 Å². The lowest BCUT2D eigenvalue weighted by Gasteiger charge is -2.07. The Balaban J connectivity index is 1.85. The highest BCUT2D eigenvalue weighted by molar-refractivity contribution is 6.34. The van der Waals surface area contributed by atoms with E-state index >= 15 is 0 Å². The summed E-state index contributed by atoms with van der Waals surface area (Å²) in [5.41, 5.74) is 1.48. The molecule has 0 saturated heterocycles. The maximum Gasteiger partial charge on any atom is 0.202 e. The molecule has 0 bridgehead atoms. The van der Waals surface area contributed by atoms with Crippen LogP contribution in [-0.2, 0) is 6.54 Å². The summed E-state index contributed by atoms with van der Waals surface area (Å²) in [4.78, 5) is 12.6. The van der Waals surface area contributed by atoms with Gasteiger partial charge in [-0.2, -0.15) is 5.26 Å². The molecule has 0 spiro atoms. The number of aromatic nitrogens is 1. The number of hydrogen-bond acceptors (Lipinski definition) is 3. The van der Waals surface area contributed by atoms with Gasteiger partial charge in [-0.3, -0.25) is 4.79 Å². The number of carbonyl (C=O) groups excluding carboxylic acids is 1. The van der Waals surface area contributed by atoms with Crippen LogP contribution in [-0.4, -0.2) is 17.0 Å². The third-order valence-electron chi connectivity index (χ3n) is 3.81. The minimum absolute atomic E-state index is 0.147. The summed E-state index contributed by atoms with van der Waals surface area (Å²) in [6.45, 7) is 0.386. The van der Waals surface area contributed by atoms with E-state index < -0.39 is 0 Å². The Labute approximate surface area is 155 Å². The molecule has 0 saturated carbocycles. The number of Topliss-reactive ketones (excluding diaryl/α,β-unsaturated/α-hetero) is 1. The number of aryl methyl sites for hydroxylation is 1. The second-order valence-corrected chi connectivity index (χ2v) is 6.29. The molecule has 126 valence electrons. The number of fused-ring (bicyclic) bond motifs is 1. The summed E-state index contributed by atoms with van der Waals surface area (Å²) in [5, 5.41) is 10.5. The van der Waals surface area contributed by atoms with Crippen LogP contribution in [0.3, 0.4) is 0 Å². The van der Waals surface area contributed by atoms with Crippen molar-refractivity contribution in [1.29, 1.82) is 5.26 Å². The van der Waals surface area contributed by atoms with Gasteiger partial charge in [-0.05, 0) is 18.2 Å². The number of benzene rings is 2. The van der Waals surface area contributed by atoms with Crippen molar-refractivity contribution < 1.29 is 9.53 Å². The molecule has 0 aliphatic heterocycles. The molecule has 0 N–H and O–H groups in total. The quantitative estimate of drug-likeness (QED) is 0.564. The molecule has 1 aromatic heterocycles. The van der Waals surface area contributed by atoms with E-state index in [1.54, 1.807) is 24.4 Å². The highest BCUT2D eigenvalue weighted by Gasteiger charge is 2.16. The van der Waals surface area contributed by atoms with Crippen molar-refractivity contribution >= 4 is 39.9 Å². The van der Waals surface area contributed by atoms with Gasteiger partial charge in [0.05, 0.1) is 17.5 Å². The van der Waals surface area contributed by atoms with Gasteiger partial charge in [0, 0.05) is 40.3 Å². The van der Waals surface area contributed by atoms with Crippen molar-refractivity contribution in [3.8, 4) is 11.8 Å². The maximum atomic E-state index is 12.6. The van der Waals surface area contributed by atoms with Gasteiger partial charge in [0.2, 0.25) is 5.78 Å². The molecule has 0 amide bonds. The van der Waals surface area contributed by atoms with E-state index in [1.807, 2.05) is 28.8 Å². The number of hydrogen-bond donors (Lipinski definition) is 0. The molecule has 3 aromatic rings. The lowest BCUT2D eigenvalue weighted by molar-refractivity contribution is 0.0923. The van der Waals surface area contributed by atoms with Crippen molar-refractivity contribution in [2.75, 3.05) is 6.61 Å². The first-order valence-electron chi connectivity index (χ1n) is 7.66. The zero-order valence-corrected chi connectivity index (χ0v) is 14.7. The van der Waals surface area contributed by atoms with E-state index in [2.05, 4.69) is 6.07 Å². The van der Waals surface area contributed by atoms with Crippen LogP contribution < -0.4 is 4.74 Å². The summed E-state index contributed by atoms with van der Waals surface area (Å²) < 4.78 is 7.46. The number of carbonyl (C=O) groups is 1. The van der Waals surface area contributed by atoms with Gasteiger partial charge in [0.15, 0.2) is 6.61 Å². The van der Waals surface area contributed by atoms with Crippen molar-refractivity contribution in [3.05, 3.63) is 64.3 Å². The number of nitriles is 1. The number of ketones is 1. The number of nitrogens with zero attached hydrogens (tertiary/aromatic N) is 2. The summed E-state index contributed by atoms with van der Waals surface area (Å²) in [6, 6.07) is 14.6. The molecule has 0 fully saturated rings. The Morgan fingerprint density at radius 1 is 1.20 bits per heavy atom. The maximum absolute atomic E-state index is 12.6. The lowest BCUT2D eigenvalue weighted by atomic mass is 10.1. The summed E-state index contributed by atoms with van der Waals surface area (Å²) in [7, 11) is 0. The molecule has 25 heavy (non-hydrogen) atoms. The third kappa shape index (κ3) is 3.79. The normalized spacial score (nSPS) is 10.6. The fourth-order valence-corrected chi connectivity index (χ4v) is 2.97. The van der Waals surface area contributed by atoms with Gasteiger partial charge < -0.3 is 9.30 Å². The first-order valence-corrected chi connectivity index (χ1v) is 8.41. The monoisotopic (exact) mass is 372 g/mol. The van der Waals surface area contributed by atoms with Gasteiger partial charge in [-0.25, -0.2) is 0 Å². The van der Waals surface area contributed by atoms with Gasteiger partial charge in [0.1, 0.15) is 5.75 Å². The third-order valence-corrected chi connectivity index (χ3v) is 4.35. The van der Waals surface area contributed by atoms with Gasteiger partial charge in [0.25, 0.3) is 0 Å². The predicted octanol–water partition coefficient (Wildman–Crippen LogP) is 5.12. The van der Waals surface area contributed by atoms with Crippen molar-refractivity contribution in [2.45, 2.75) is 13.0 Å². The van der Waals surface area contributed by atoms with Crippen LogP contribution >= 0.6 is 23.2 Å². The van der Waals surface area contributed by atoms with E-state index in [4.69, 9.17) is 33.2 Å². The average molecular weight is 373 g/mol. The molecule has 4 nitrogen and oxygen atoms in total. The van der Waals surface area contributed by atoms with E-state index in [1.165, 1.54) is 0 Å². The van der Waals surface area contributed by atoms with Gasteiger partial charge in [-0.1, -0.05) is 41.4 Å². The molecule has 0 radical (unpaired) electrons. The topological polar surface area (TPSA) is 55.0 Å². The van der Waals surface area contributed by atoms with Crippen LogP contribution in [0.25, 0.3) is 10.9 Å². The Hall–Kier alpha value is -2.48. The largest absolute Gasteiger partial charge is 0.484 e. The molecular weight excluding hydrogens is 359 g/mol. The predicted molar refractivity (Wildman–Crippen MR) is 98.5 cm³/mol. The Bertz CT molecular complexity index is 973. The van der Waals surface area contributed by atoms with E-state index in [9.17, 15) is 4.79 Å². The molecule has 0 unspecified atom stereocenters. The Kier molecular flexibility index (Phi) is 5.28. The fraction of sp³-hybridized carbons (Fsp3) is 0.158. The van der Waals surface area contributed by atoms with Crippen molar-refractivity contribution in [1.82, 2.24) is 4.57 Å². The fourth-order valence-electron chi connectivity index (χ4n) is 2.63. The minimum Gasteiger partial charge on any atom is -0.484 e. The zero-order valence-electron chi connectivity index (χ0n) is 13.2. The second kappa shape index (κ2) is 7.60. The Morgan fingerprint density at radius 3 is 2.80 bits per heavy atom. The first kappa shape index (κ1) is 17.3. The second-order valence-electron chi connectivity index (χ2n) is 5.45. The van der Waals surface area contributed by atoms with Crippen LogP contribution in [0.5, 0.6) is 5.75 Å². The molecule has 3 rings (SSSR count). The molecule has 0 atom stereocenters. The summed E-state index contributed by atoms with van der Waals surface area (Å²) in [6.07, 6.45) is 2.15. The van der Waals surface area contributed by atoms with Crippen molar-refractivity contribution in [2.24, 2.45) is 0 Å². The van der Waals surface area contributed by atoms with E-state index in [0.717, 1.165) is 10.9 Å². The van der Waals surface area contributed by atoms with Crippen LogP contribution in [0.1, 0.15) is 16.8 Å². The molecular formula is C19H14Cl2N2O2. The number of halogens is 2. The smallest absolute Gasteiger partial charge is 0.202 e. The lowest BCUT2D eigenvalue weighted by Crippen LogP contribution is -2.11. The molecule has 0 aliphatic rings. The van der Waals surface area contributed by atoms with Gasteiger partial charge in [-0.15, -0.1) is 0 Å². The number of rotatable bonds is 6. The minimum atomic E-state index is -0.164. The van der Waals surface area contributed by atoms with Crippen LogP contribution in [0.4, 0.5) is 0 Å². The van der Waals surface area contributed by atoms with Crippen LogP contribution in [0, 0.1) is 11.3 Å². The average Bonchev–Trinajstić information content (AvgIpc) is 2.99. The van der Waals surface area contributed by atoms with E-state index in [0.29, 0.717) is 34.3 Å². The van der Waals surface area contributed by atoms with Gasteiger partial charge >= 0.3 is 0 Å². The summed E-state index contributed by atoms with van der Waals surface area (Å²) in [5.74, 6) is 0.207. The van der Waals surface area contributed by atoms with Crippen molar-refractivity contribution in [3.63, 3.8) is 0 Å². The summed E-state index contributed by atoms with van der Waals surface area (Å²) >= 11 is 12.0. The zero-order chi connectivity index (χ0) is 17.8. The first-order chi connectivity index (χ1) is 12.1. The number of ether oxygens (including phenoxy) is 1. The molecule has 0 aliphatic carbocycles. The molecule has 6 heteroatoms. The highest BCUT2D eigenvalue weighted by atomic mass is 35.5. The molecule has 1 heterocycles. The van der Waals surface area contributed by atoms with E-state index in [-0.39, 0.29) is 12.4 Å². The Morgan fingerprint density at radius 2 is 2.00 bits per heavy atom. The molecule has 2 aromatic carbocycles. The standard InChI is InChI=1S/C19H14Cl2N2O2/c20-13-6-7-16(21)19(10-13)25-12-18(24)15-11-23(9-3-8-22)17-5-2-1-4-14(15)17/h1-2,4-7,10-11H,3,9,12H2.